The maximum absolute atomic E-state index is 5.32. The van der Waals surface area contributed by atoms with Crippen LogP contribution in [0.25, 0.3) is 22.8 Å². The highest BCUT2D eigenvalue weighted by molar-refractivity contribution is 7.28. The van der Waals surface area contributed by atoms with Crippen molar-refractivity contribution in [1.82, 2.24) is 0 Å². The van der Waals surface area contributed by atoms with E-state index >= 15 is 0 Å². The smallest absolute Gasteiger partial charge is 0.260 e. The minimum absolute atomic E-state index is 0.0375. The molecule has 6 aliphatic rings. The van der Waals surface area contributed by atoms with E-state index in [1.807, 2.05) is 0 Å². The number of hydrogen-bond acceptors (Lipinski definition) is 2. The van der Waals surface area contributed by atoms with Gasteiger partial charge in [-0.2, -0.15) is 0 Å². The fraction of sp³-hybridized carbons (Fsp3) is 0.460. The van der Waals surface area contributed by atoms with E-state index in [0.29, 0.717) is 5.92 Å². The molecule has 342 valence electrons. The lowest BCUT2D eigenvalue weighted by Gasteiger charge is -2.51. The topological polar surface area (TPSA) is 3.24 Å². The molecule has 3 heterocycles. The predicted octanol–water partition coefficient (Wildman–Crippen LogP) is 16.2. The highest BCUT2D eigenvalue weighted by Gasteiger charge is 2.52. The van der Waals surface area contributed by atoms with Gasteiger partial charge in [-0.1, -0.05) is 192 Å². The van der Waals surface area contributed by atoms with Gasteiger partial charge in [0.15, 0.2) is 0 Å². The number of rotatable bonds is 4. The van der Waals surface area contributed by atoms with E-state index in [4.69, 9.17) is 6.58 Å². The van der Waals surface area contributed by atoms with E-state index in [1.165, 1.54) is 84.6 Å². The lowest BCUT2D eigenvalue weighted by molar-refractivity contribution is 0.120. The second-order valence-electron chi connectivity index (χ2n) is 25.7. The molecular formula is C63H76BNS. The summed E-state index contributed by atoms with van der Waals surface area (Å²) in [5.41, 5.74) is 23.9. The van der Waals surface area contributed by atoms with Crippen molar-refractivity contribution in [3.63, 3.8) is 0 Å². The van der Waals surface area contributed by atoms with Crippen molar-refractivity contribution in [3.05, 3.63) is 152 Å². The zero-order valence-electron chi connectivity index (χ0n) is 43.0. The van der Waals surface area contributed by atoms with E-state index < -0.39 is 0 Å². The molecule has 2 aliphatic heterocycles. The Hall–Kier alpha value is -4.34. The predicted molar refractivity (Wildman–Crippen MR) is 291 cm³/mol. The third-order valence-corrected chi connectivity index (χ3v) is 18.3. The van der Waals surface area contributed by atoms with Crippen molar-refractivity contribution in [2.45, 2.75) is 159 Å². The number of aryl methyl sites for hydroxylation is 1. The van der Waals surface area contributed by atoms with E-state index in [-0.39, 0.29) is 45.7 Å². The average molecular weight is 890 g/mol. The van der Waals surface area contributed by atoms with Crippen LogP contribution >= 0.6 is 11.3 Å². The van der Waals surface area contributed by atoms with Crippen LogP contribution in [0.2, 0.25) is 0 Å². The maximum atomic E-state index is 5.32. The molecule has 0 spiro atoms. The van der Waals surface area contributed by atoms with Crippen molar-refractivity contribution in [3.8, 4) is 11.1 Å². The summed E-state index contributed by atoms with van der Waals surface area (Å²) in [6.45, 7) is 39.1. The second-order valence-corrected chi connectivity index (χ2v) is 26.7. The van der Waals surface area contributed by atoms with Crippen molar-refractivity contribution >= 4 is 51.3 Å². The quantitative estimate of drug-likeness (QED) is 0.185. The minimum Gasteiger partial charge on any atom is -0.334 e. The molecule has 0 amide bonds. The van der Waals surface area contributed by atoms with Crippen LogP contribution in [0.4, 0.5) is 11.4 Å². The SMILES string of the molecule is C=C1c2cc(C)cc3c2B(C2=C(CC4C(=C2)C(C)(C)CCC4(C)C)[C@@H]1Cc1ccc(C(C)(C)C)cc1-c1ccc(C(C)(C)C)cc1)c1sc2c(c1N3C1C=CC(C(C)(C)C)=CC1)CCC=C2. The molecule has 3 heteroatoms. The molecule has 10 rings (SSSR count). The molecule has 4 aromatic rings. The summed E-state index contributed by atoms with van der Waals surface area (Å²) < 4.78 is 1.56. The Bertz CT molecular complexity index is 2820. The summed E-state index contributed by atoms with van der Waals surface area (Å²) in [5, 5.41) is 0. The first kappa shape index (κ1) is 45.4. The van der Waals surface area contributed by atoms with Crippen LogP contribution < -0.4 is 15.1 Å². The molecule has 4 aliphatic carbocycles. The van der Waals surface area contributed by atoms with Gasteiger partial charge in [-0.05, 0) is 158 Å². The molecule has 66 heavy (non-hydrogen) atoms. The van der Waals surface area contributed by atoms with Crippen LogP contribution in [0.5, 0.6) is 0 Å². The Morgan fingerprint density at radius 3 is 2.20 bits per heavy atom. The molecular weight excluding hydrogens is 814 g/mol. The number of anilines is 2. The fourth-order valence-electron chi connectivity index (χ4n) is 12.8. The van der Waals surface area contributed by atoms with Crippen molar-refractivity contribution in [1.29, 1.82) is 0 Å². The van der Waals surface area contributed by atoms with Crippen LogP contribution in [-0.4, -0.2) is 12.8 Å². The van der Waals surface area contributed by atoms with Gasteiger partial charge in [0.05, 0.1) is 11.7 Å². The fourth-order valence-corrected chi connectivity index (χ4v) is 14.2. The number of hydrogen-bond donors (Lipinski definition) is 0. The average Bonchev–Trinajstić information content (AvgIpc) is 3.60. The summed E-state index contributed by atoms with van der Waals surface area (Å²) in [5.74, 6) is 0.669. The summed E-state index contributed by atoms with van der Waals surface area (Å²) in [4.78, 5) is 4.29. The Morgan fingerprint density at radius 1 is 0.818 bits per heavy atom. The van der Waals surface area contributed by atoms with E-state index in [9.17, 15) is 0 Å². The summed E-state index contributed by atoms with van der Waals surface area (Å²) in [7, 11) is 0. The van der Waals surface area contributed by atoms with Crippen LogP contribution in [0.3, 0.4) is 0 Å². The number of benzene rings is 3. The van der Waals surface area contributed by atoms with Crippen LogP contribution in [0.15, 0.2) is 114 Å². The van der Waals surface area contributed by atoms with Gasteiger partial charge in [-0.3, -0.25) is 0 Å². The Balaban J connectivity index is 1.23. The normalized spacial score (nSPS) is 23.1. The highest BCUT2D eigenvalue weighted by Crippen LogP contribution is 2.59. The first-order valence-corrected chi connectivity index (χ1v) is 26.3. The zero-order valence-corrected chi connectivity index (χ0v) is 43.8. The first-order valence-electron chi connectivity index (χ1n) is 25.5. The van der Waals surface area contributed by atoms with Crippen molar-refractivity contribution < 1.29 is 0 Å². The number of fused-ring (bicyclic) bond motifs is 6. The van der Waals surface area contributed by atoms with Gasteiger partial charge in [-0.15, -0.1) is 11.3 Å². The molecule has 3 aromatic carbocycles. The lowest BCUT2D eigenvalue weighted by atomic mass is 9.35. The third kappa shape index (κ3) is 7.57. The van der Waals surface area contributed by atoms with E-state index in [0.717, 1.165) is 32.1 Å². The number of thiophene rings is 1. The number of allylic oxidation sites excluding steroid dienone is 8. The summed E-state index contributed by atoms with van der Waals surface area (Å²) >= 11 is 2.10. The van der Waals surface area contributed by atoms with Crippen molar-refractivity contribution in [2.24, 2.45) is 28.1 Å². The molecule has 0 saturated heterocycles. The minimum atomic E-state index is 0.0375. The van der Waals surface area contributed by atoms with Crippen LogP contribution in [0, 0.1) is 35.0 Å². The molecule has 3 atom stereocenters. The van der Waals surface area contributed by atoms with E-state index in [2.05, 4.69) is 204 Å². The molecule has 0 radical (unpaired) electrons. The number of nitrogens with zero attached hydrogens (tertiary/aromatic N) is 1. The second kappa shape index (κ2) is 15.6. The Morgan fingerprint density at radius 2 is 1.53 bits per heavy atom. The van der Waals surface area contributed by atoms with Crippen molar-refractivity contribution in [2.75, 3.05) is 4.90 Å². The van der Waals surface area contributed by atoms with E-state index in [1.54, 1.807) is 27.0 Å². The molecule has 0 N–H and O–H groups in total. The summed E-state index contributed by atoms with van der Waals surface area (Å²) in [6.07, 6.45) is 23.0. The lowest BCUT2D eigenvalue weighted by Crippen LogP contribution is -2.54. The van der Waals surface area contributed by atoms with Gasteiger partial charge in [0.25, 0.3) is 6.71 Å². The molecule has 1 nitrogen and oxygen atoms in total. The van der Waals surface area contributed by atoms with Gasteiger partial charge < -0.3 is 4.90 Å². The Labute approximate surface area is 404 Å². The van der Waals surface area contributed by atoms with Gasteiger partial charge in [0, 0.05) is 21.3 Å². The Kier molecular flexibility index (Phi) is 10.7. The first-order chi connectivity index (χ1) is 30.9. The van der Waals surface area contributed by atoms with Gasteiger partial charge >= 0.3 is 0 Å². The molecule has 0 bridgehead atoms. The maximum Gasteiger partial charge on any atom is 0.260 e. The highest BCUT2D eigenvalue weighted by atomic mass is 32.1. The molecule has 2 unspecified atom stereocenters. The van der Waals surface area contributed by atoms with Gasteiger partial charge in [0.2, 0.25) is 0 Å². The van der Waals surface area contributed by atoms with Gasteiger partial charge in [-0.25, -0.2) is 0 Å². The monoisotopic (exact) mass is 890 g/mol. The van der Waals surface area contributed by atoms with Crippen LogP contribution in [-0.2, 0) is 23.7 Å². The molecule has 1 saturated carbocycles. The molecule has 1 aromatic heterocycles. The summed E-state index contributed by atoms with van der Waals surface area (Å²) in [6, 6.07) is 22.3. The zero-order chi connectivity index (χ0) is 47.0. The molecule has 1 fully saturated rings. The standard InChI is InChI=1S/C63H76BNS/c1-38-32-48-39(2)47(34-41-22-25-44(61(9,10)11)35-49(41)40-20-23-42(24-21-40)59(3,4)5)50-36-51-52(63(14,15)31-30-62(51,12)13)37-53(50)64-56(48)54(33-38)65(45-28-26-43(27-29-45)60(6,7)8)57-46-18-16-17-19-55(46)66-58(57)64/h17,19-28,32-33,35,37,45,47,51H,2,16,18,29-31,34,36H2,1,3-15H3/t45?,47-,51?/m1/s1. The largest absolute Gasteiger partial charge is 0.334 e. The third-order valence-electron chi connectivity index (χ3n) is 17.1. The van der Waals surface area contributed by atoms with Gasteiger partial charge in [0.1, 0.15) is 0 Å². The van der Waals surface area contributed by atoms with Crippen LogP contribution in [0.1, 0.15) is 160 Å².